The molecule has 1 saturated heterocycles. The number of hydrogen-bond donors (Lipinski definition) is 0. The number of likely N-dealkylation sites (tertiary alicyclic amines) is 1. The summed E-state index contributed by atoms with van der Waals surface area (Å²) in [5.41, 5.74) is 1.06. The van der Waals surface area contributed by atoms with Gasteiger partial charge in [0.1, 0.15) is 5.25 Å². The molecule has 1 aromatic rings. The molecule has 0 aliphatic carbocycles. The van der Waals surface area contributed by atoms with Gasteiger partial charge in [0.05, 0.1) is 13.2 Å². The number of rotatable bonds is 6. The Morgan fingerprint density at radius 3 is 2.60 bits per heavy atom. The molecule has 0 radical (unpaired) electrons. The van der Waals surface area contributed by atoms with E-state index in [1.807, 2.05) is 30.3 Å². The van der Waals surface area contributed by atoms with Gasteiger partial charge in [0, 0.05) is 30.2 Å². The van der Waals surface area contributed by atoms with Crippen LogP contribution >= 0.6 is 10.7 Å². The monoisotopic (exact) mass is 317 g/mol. The Morgan fingerprint density at radius 2 is 2.00 bits per heavy atom. The predicted molar refractivity (Wildman–Crippen MR) is 75.9 cm³/mol. The van der Waals surface area contributed by atoms with E-state index in [9.17, 15) is 13.2 Å². The summed E-state index contributed by atoms with van der Waals surface area (Å²) < 4.78 is 27.9. The second kappa shape index (κ2) is 6.56. The van der Waals surface area contributed by atoms with E-state index in [1.165, 1.54) is 4.90 Å². The fourth-order valence-corrected chi connectivity index (χ4v) is 3.14. The summed E-state index contributed by atoms with van der Waals surface area (Å²) in [6.07, 6.45) is -0.0372. The molecular formula is C13H16ClNO4S. The number of benzene rings is 1. The number of nitrogens with zero attached hydrogens (tertiary/aromatic N) is 1. The molecule has 0 bridgehead atoms. The fraction of sp³-hybridized carbons (Fsp3) is 0.462. The summed E-state index contributed by atoms with van der Waals surface area (Å²) in [6, 6.07) is 9.70. The maximum absolute atomic E-state index is 11.6. The molecule has 20 heavy (non-hydrogen) atoms. The molecule has 0 spiro atoms. The van der Waals surface area contributed by atoms with Gasteiger partial charge >= 0.3 is 0 Å². The van der Waals surface area contributed by atoms with E-state index in [0.717, 1.165) is 5.56 Å². The lowest BCUT2D eigenvalue weighted by Gasteiger charge is -2.15. The summed E-state index contributed by atoms with van der Waals surface area (Å²) in [6.45, 7) is 1.38. The van der Waals surface area contributed by atoms with Gasteiger partial charge in [-0.2, -0.15) is 0 Å². The van der Waals surface area contributed by atoms with E-state index in [-0.39, 0.29) is 18.9 Å². The van der Waals surface area contributed by atoms with Crippen LogP contribution in [0.15, 0.2) is 30.3 Å². The van der Waals surface area contributed by atoms with Crippen molar-refractivity contribution in [2.24, 2.45) is 0 Å². The van der Waals surface area contributed by atoms with Gasteiger partial charge in [-0.25, -0.2) is 8.42 Å². The lowest BCUT2D eigenvalue weighted by Crippen LogP contribution is -2.30. The molecule has 2 rings (SSSR count). The van der Waals surface area contributed by atoms with Crippen LogP contribution in [0.25, 0.3) is 0 Å². The topological polar surface area (TPSA) is 63.7 Å². The first-order chi connectivity index (χ1) is 9.47. The normalized spacial score (nSPS) is 19.6. The van der Waals surface area contributed by atoms with Crippen molar-refractivity contribution in [3.8, 4) is 0 Å². The van der Waals surface area contributed by atoms with E-state index in [1.54, 1.807) is 0 Å². The average Bonchev–Trinajstić information content (AvgIpc) is 2.77. The minimum Gasteiger partial charge on any atom is -0.375 e. The molecule has 1 heterocycles. The Hall–Kier alpha value is -1.11. The third-order valence-electron chi connectivity index (χ3n) is 3.19. The molecule has 5 nitrogen and oxygen atoms in total. The molecule has 7 heteroatoms. The second-order valence-electron chi connectivity index (χ2n) is 4.68. The highest BCUT2D eigenvalue weighted by Gasteiger charge is 2.36. The van der Waals surface area contributed by atoms with Crippen LogP contribution in [-0.2, 0) is 25.2 Å². The van der Waals surface area contributed by atoms with Gasteiger partial charge in [-0.1, -0.05) is 30.3 Å². The van der Waals surface area contributed by atoms with Crippen molar-refractivity contribution in [1.82, 2.24) is 4.90 Å². The molecule has 1 amide bonds. The standard InChI is InChI=1S/C13H16ClNO4S/c14-20(17,18)12-8-13(16)15(9-12)6-7-19-10-11-4-2-1-3-5-11/h1-5,12H,6-10H2. The molecule has 0 aromatic heterocycles. The van der Waals surface area contributed by atoms with Crippen LogP contribution < -0.4 is 0 Å². The van der Waals surface area contributed by atoms with E-state index in [4.69, 9.17) is 15.4 Å². The van der Waals surface area contributed by atoms with Crippen molar-refractivity contribution in [3.05, 3.63) is 35.9 Å². The minimum absolute atomic E-state index is 0.0372. The van der Waals surface area contributed by atoms with Gasteiger partial charge in [-0.15, -0.1) is 0 Å². The molecule has 1 aliphatic heterocycles. The molecule has 1 aromatic carbocycles. The van der Waals surface area contributed by atoms with E-state index >= 15 is 0 Å². The molecule has 1 aliphatic rings. The lowest BCUT2D eigenvalue weighted by atomic mass is 10.2. The number of ether oxygens (including phenoxy) is 1. The molecule has 1 fully saturated rings. The Kier molecular flexibility index (Phi) is 5.01. The van der Waals surface area contributed by atoms with Crippen LogP contribution in [-0.4, -0.2) is 44.2 Å². The van der Waals surface area contributed by atoms with Gasteiger partial charge in [0.25, 0.3) is 0 Å². The fourth-order valence-electron chi connectivity index (χ4n) is 2.08. The summed E-state index contributed by atoms with van der Waals surface area (Å²) in [5.74, 6) is -0.192. The van der Waals surface area contributed by atoms with E-state index < -0.39 is 14.3 Å². The smallest absolute Gasteiger partial charge is 0.237 e. The van der Waals surface area contributed by atoms with Crippen LogP contribution in [0.3, 0.4) is 0 Å². The zero-order chi connectivity index (χ0) is 14.6. The lowest BCUT2D eigenvalue weighted by molar-refractivity contribution is -0.128. The maximum atomic E-state index is 11.6. The van der Waals surface area contributed by atoms with Gasteiger partial charge in [0.15, 0.2) is 0 Å². The minimum atomic E-state index is -3.67. The molecule has 0 N–H and O–H groups in total. The number of amides is 1. The highest BCUT2D eigenvalue weighted by Crippen LogP contribution is 2.20. The number of halogens is 1. The average molecular weight is 318 g/mol. The molecule has 1 atom stereocenters. The largest absolute Gasteiger partial charge is 0.375 e. The maximum Gasteiger partial charge on any atom is 0.237 e. The predicted octanol–water partition coefficient (Wildman–Crippen LogP) is 1.37. The Bertz CT molecular complexity index is 561. The van der Waals surface area contributed by atoms with Gasteiger partial charge in [-0.3, -0.25) is 4.79 Å². The first-order valence-corrected chi connectivity index (χ1v) is 8.67. The zero-order valence-corrected chi connectivity index (χ0v) is 12.4. The SMILES string of the molecule is O=C1CC(S(=O)(=O)Cl)CN1CCOCc1ccccc1. The van der Waals surface area contributed by atoms with Crippen molar-refractivity contribution in [2.75, 3.05) is 19.7 Å². The van der Waals surface area contributed by atoms with Crippen molar-refractivity contribution >= 4 is 25.6 Å². The van der Waals surface area contributed by atoms with Gasteiger partial charge in [-0.05, 0) is 5.56 Å². The highest BCUT2D eigenvalue weighted by molar-refractivity contribution is 8.14. The van der Waals surface area contributed by atoms with Crippen LogP contribution in [0.2, 0.25) is 0 Å². The highest BCUT2D eigenvalue weighted by atomic mass is 35.7. The van der Waals surface area contributed by atoms with Crippen LogP contribution in [0.5, 0.6) is 0 Å². The van der Waals surface area contributed by atoms with Crippen LogP contribution in [0.1, 0.15) is 12.0 Å². The van der Waals surface area contributed by atoms with Crippen molar-refractivity contribution in [1.29, 1.82) is 0 Å². The number of hydrogen-bond acceptors (Lipinski definition) is 4. The van der Waals surface area contributed by atoms with Gasteiger partial charge < -0.3 is 9.64 Å². The molecule has 110 valence electrons. The third kappa shape index (κ3) is 4.19. The Balaban J connectivity index is 1.74. The number of carbonyl (C=O) groups is 1. The van der Waals surface area contributed by atoms with Gasteiger partial charge in [0.2, 0.25) is 15.0 Å². The van der Waals surface area contributed by atoms with E-state index in [2.05, 4.69) is 0 Å². The first kappa shape index (κ1) is 15.3. The Morgan fingerprint density at radius 1 is 1.30 bits per heavy atom. The van der Waals surface area contributed by atoms with Crippen LogP contribution in [0, 0.1) is 0 Å². The third-order valence-corrected chi connectivity index (χ3v) is 5.06. The summed E-state index contributed by atoms with van der Waals surface area (Å²) in [7, 11) is 1.60. The van der Waals surface area contributed by atoms with Crippen molar-refractivity contribution in [3.63, 3.8) is 0 Å². The van der Waals surface area contributed by atoms with Crippen molar-refractivity contribution in [2.45, 2.75) is 18.3 Å². The zero-order valence-electron chi connectivity index (χ0n) is 10.9. The number of carbonyl (C=O) groups excluding carboxylic acids is 1. The summed E-state index contributed by atoms with van der Waals surface area (Å²) >= 11 is 0. The van der Waals surface area contributed by atoms with Crippen LogP contribution in [0.4, 0.5) is 0 Å². The summed E-state index contributed by atoms with van der Waals surface area (Å²) in [5, 5.41) is -0.800. The molecule has 0 saturated carbocycles. The Labute approximate surface area is 122 Å². The first-order valence-electron chi connectivity index (χ1n) is 6.30. The van der Waals surface area contributed by atoms with E-state index in [0.29, 0.717) is 19.8 Å². The van der Waals surface area contributed by atoms with Crippen molar-refractivity contribution < 1.29 is 17.9 Å². The molecular weight excluding hydrogens is 302 g/mol. The molecule has 1 unspecified atom stereocenters. The second-order valence-corrected chi connectivity index (χ2v) is 7.59. The quantitative estimate of drug-likeness (QED) is 0.587. The summed E-state index contributed by atoms with van der Waals surface area (Å²) in [4.78, 5) is 13.1.